The van der Waals surface area contributed by atoms with Crippen molar-refractivity contribution in [1.82, 2.24) is 0 Å². The summed E-state index contributed by atoms with van der Waals surface area (Å²) in [5, 5.41) is 2.46. The molecular weight excluding hydrogens is 556 g/mol. The van der Waals surface area contributed by atoms with Crippen LogP contribution in [-0.4, -0.2) is 0 Å². The predicted molar refractivity (Wildman–Crippen MR) is 196 cm³/mol. The Kier molecular flexibility index (Phi) is 7.38. The van der Waals surface area contributed by atoms with E-state index in [1.165, 1.54) is 44.4 Å². The second-order valence-corrected chi connectivity index (χ2v) is 11.7. The molecule has 7 aromatic rings. The van der Waals surface area contributed by atoms with E-state index in [9.17, 15) is 0 Å². The van der Waals surface area contributed by atoms with Crippen LogP contribution >= 0.6 is 0 Å². The smallest absolute Gasteiger partial charge is 0.0540 e. The van der Waals surface area contributed by atoms with Crippen molar-refractivity contribution >= 4 is 51.0 Å². The van der Waals surface area contributed by atoms with Gasteiger partial charge >= 0.3 is 0 Å². The van der Waals surface area contributed by atoms with Crippen LogP contribution in [0.5, 0.6) is 0 Å². The first kappa shape index (κ1) is 27.7. The molecular formula is C44H34N2. The van der Waals surface area contributed by atoms with E-state index in [2.05, 4.69) is 192 Å². The van der Waals surface area contributed by atoms with Gasteiger partial charge in [-0.15, -0.1) is 0 Å². The minimum Gasteiger partial charge on any atom is -0.310 e. The van der Waals surface area contributed by atoms with Crippen molar-refractivity contribution in [2.75, 3.05) is 9.80 Å². The third-order valence-corrected chi connectivity index (χ3v) is 8.91. The predicted octanol–water partition coefficient (Wildman–Crippen LogP) is 12.4. The molecule has 0 saturated carbocycles. The molecule has 7 aromatic carbocycles. The molecule has 8 rings (SSSR count). The summed E-state index contributed by atoms with van der Waals surface area (Å²) in [6.07, 6.45) is 6.66. The maximum Gasteiger partial charge on any atom is 0.0540 e. The van der Waals surface area contributed by atoms with Crippen molar-refractivity contribution in [3.8, 4) is 11.1 Å². The Balaban J connectivity index is 1.15. The van der Waals surface area contributed by atoms with Gasteiger partial charge in [-0.1, -0.05) is 121 Å². The van der Waals surface area contributed by atoms with E-state index in [4.69, 9.17) is 0 Å². The van der Waals surface area contributed by atoms with Crippen molar-refractivity contribution < 1.29 is 0 Å². The van der Waals surface area contributed by atoms with Crippen LogP contribution < -0.4 is 9.80 Å². The van der Waals surface area contributed by atoms with Crippen molar-refractivity contribution in [2.24, 2.45) is 0 Å². The van der Waals surface area contributed by atoms with Gasteiger partial charge in [0.15, 0.2) is 0 Å². The van der Waals surface area contributed by atoms with E-state index in [-0.39, 0.29) is 0 Å². The Labute approximate surface area is 271 Å². The summed E-state index contributed by atoms with van der Waals surface area (Å²) in [4.78, 5) is 4.75. The Morgan fingerprint density at radius 2 is 0.891 bits per heavy atom. The van der Waals surface area contributed by atoms with Crippen LogP contribution in [0.4, 0.5) is 34.1 Å². The normalized spacial score (nSPS) is 12.1. The van der Waals surface area contributed by atoms with Gasteiger partial charge in [0.2, 0.25) is 0 Å². The van der Waals surface area contributed by atoms with Gasteiger partial charge in [-0.2, -0.15) is 0 Å². The van der Waals surface area contributed by atoms with Gasteiger partial charge in [0.1, 0.15) is 0 Å². The minimum absolute atomic E-state index is 1.05. The molecule has 1 aliphatic rings. The van der Waals surface area contributed by atoms with Gasteiger partial charge in [-0.3, -0.25) is 0 Å². The number of allylic oxidation sites excluding steroid dienone is 1. The number of fused-ring (bicyclic) bond motifs is 2. The Morgan fingerprint density at radius 3 is 1.54 bits per heavy atom. The molecule has 0 spiro atoms. The highest BCUT2D eigenvalue weighted by molar-refractivity contribution is 5.99. The number of hydrogen-bond donors (Lipinski definition) is 0. The summed E-state index contributed by atoms with van der Waals surface area (Å²) in [7, 11) is 0. The molecule has 0 N–H and O–H groups in total. The van der Waals surface area contributed by atoms with Gasteiger partial charge in [0.25, 0.3) is 0 Å². The second kappa shape index (κ2) is 12.3. The molecule has 0 unspecified atom stereocenters. The number of hydrogen-bond acceptors (Lipinski definition) is 2. The highest BCUT2D eigenvalue weighted by Crippen LogP contribution is 2.41. The first-order valence-electron chi connectivity index (χ1n) is 16.0. The van der Waals surface area contributed by atoms with E-state index in [1.807, 2.05) is 0 Å². The number of para-hydroxylation sites is 2. The molecule has 0 heterocycles. The molecule has 0 atom stereocenters. The molecule has 1 aliphatic carbocycles. The summed E-state index contributed by atoms with van der Waals surface area (Å²) in [6.45, 7) is 0. The maximum atomic E-state index is 2.40. The zero-order valence-electron chi connectivity index (χ0n) is 25.6. The fourth-order valence-corrected chi connectivity index (χ4v) is 6.69. The number of rotatable bonds is 7. The molecule has 0 radical (unpaired) electrons. The monoisotopic (exact) mass is 590 g/mol. The van der Waals surface area contributed by atoms with Crippen LogP contribution in [0, 0.1) is 0 Å². The Hall–Kier alpha value is -5.86. The molecule has 220 valence electrons. The van der Waals surface area contributed by atoms with E-state index in [0.29, 0.717) is 0 Å². The zero-order valence-corrected chi connectivity index (χ0v) is 25.6. The van der Waals surface area contributed by atoms with Crippen molar-refractivity contribution in [1.29, 1.82) is 0 Å². The van der Waals surface area contributed by atoms with Crippen molar-refractivity contribution in [3.63, 3.8) is 0 Å². The lowest BCUT2D eigenvalue weighted by Gasteiger charge is -2.29. The SMILES string of the molecule is C1=Cc2cccc(N(c3ccccc3)c3ccc(-c4ccc(N(c5ccccc5)c5cccc6ccccc56)cc4)cc3)c2CC1. The molecule has 2 nitrogen and oxygen atoms in total. The second-order valence-electron chi connectivity index (χ2n) is 11.7. The van der Waals surface area contributed by atoms with Crippen LogP contribution in [0.15, 0.2) is 176 Å². The standard InChI is InChI=1S/C44H34N2/c1-3-17-37(18-4-1)45(43-23-11-15-35-13-7-9-21-41(35)43)39-29-25-33(26-30-39)34-27-31-40(32-28-34)46(38-19-5-2-6-20-38)44-24-12-16-36-14-8-10-22-42(36)44/h1-9,11-21,23-32H,10,22H2. The van der Waals surface area contributed by atoms with E-state index in [1.54, 1.807) is 0 Å². The molecule has 0 fully saturated rings. The number of anilines is 6. The zero-order chi connectivity index (χ0) is 30.7. The van der Waals surface area contributed by atoms with Gasteiger partial charge in [0, 0.05) is 33.8 Å². The molecule has 46 heavy (non-hydrogen) atoms. The lowest BCUT2D eigenvalue weighted by atomic mass is 9.94. The quantitative estimate of drug-likeness (QED) is 0.182. The third-order valence-electron chi connectivity index (χ3n) is 8.91. The summed E-state index contributed by atoms with van der Waals surface area (Å²) >= 11 is 0. The van der Waals surface area contributed by atoms with E-state index < -0.39 is 0 Å². The molecule has 2 heteroatoms. The highest BCUT2D eigenvalue weighted by Gasteiger charge is 2.19. The van der Waals surface area contributed by atoms with Gasteiger partial charge in [0.05, 0.1) is 5.69 Å². The Bertz CT molecular complexity index is 2130. The number of benzene rings is 7. The van der Waals surface area contributed by atoms with Crippen LogP contribution in [0.1, 0.15) is 17.5 Å². The van der Waals surface area contributed by atoms with Gasteiger partial charge in [-0.05, 0) is 101 Å². The minimum atomic E-state index is 1.05. The summed E-state index contributed by atoms with van der Waals surface area (Å²) in [5.74, 6) is 0. The fourth-order valence-electron chi connectivity index (χ4n) is 6.69. The van der Waals surface area contributed by atoms with Crippen molar-refractivity contribution in [3.05, 3.63) is 187 Å². The van der Waals surface area contributed by atoms with Gasteiger partial charge in [-0.25, -0.2) is 0 Å². The summed E-state index contributed by atoms with van der Waals surface area (Å²) in [5.41, 5.74) is 12.1. The van der Waals surface area contributed by atoms with Crippen molar-refractivity contribution in [2.45, 2.75) is 12.8 Å². The van der Waals surface area contributed by atoms with E-state index >= 15 is 0 Å². The van der Waals surface area contributed by atoms with Crippen LogP contribution in [0.2, 0.25) is 0 Å². The third kappa shape index (κ3) is 5.25. The lowest BCUT2D eigenvalue weighted by molar-refractivity contribution is 0.979. The molecule has 0 aliphatic heterocycles. The van der Waals surface area contributed by atoms with Crippen LogP contribution in [-0.2, 0) is 6.42 Å². The topological polar surface area (TPSA) is 6.48 Å². The van der Waals surface area contributed by atoms with Gasteiger partial charge < -0.3 is 9.80 Å². The molecule has 0 saturated heterocycles. The number of nitrogens with zero attached hydrogens (tertiary/aromatic N) is 2. The first-order valence-corrected chi connectivity index (χ1v) is 16.0. The fraction of sp³-hybridized carbons (Fsp3) is 0.0455. The highest BCUT2D eigenvalue weighted by atomic mass is 15.1. The summed E-state index contributed by atoms with van der Waals surface area (Å²) < 4.78 is 0. The molecule has 0 aromatic heterocycles. The Morgan fingerprint density at radius 1 is 0.391 bits per heavy atom. The maximum absolute atomic E-state index is 2.40. The largest absolute Gasteiger partial charge is 0.310 e. The average molecular weight is 591 g/mol. The average Bonchev–Trinajstić information content (AvgIpc) is 3.14. The first-order chi connectivity index (χ1) is 22.8. The van der Waals surface area contributed by atoms with Crippen LogP contribution in [0.25, 0.3) is 28.0 Å². The lowest BCUT2D eigenvalue weighted by Crippen LogP contribution is -2.13. The molecule has 0 bridgehead atoms. The molecule has 0 amide bonds. The van der Waals surface area contributed by atoms with E-state index in [0.717, 1.165) is 35.6 Å². The summed E-state index contributed by atoms with van der Waals surface area (Å²) in [6, 6.07) is 61.0. The van der Waals surface area contributed by atoms with Crippen LogP contribution in [0.3, 0.4) is 0 Å².